The van der Waals surface area contributed by atoms with Crippen molar-refractivity contribution in [2.75, 3.05) is 13.2 Å². The van der Waals surface area contributed by atoms with E-state index in [2.05, 4.69) is 5.32 Å². The Labute approximate surface area is 199 Å². The van der Waals surface area contributed by atoms with E-state index in [4.69, 9.17) is 14.6 Å². The van der Waals surface area contributed by atoms with Crippen LogP contribution < -0.4 is 10.1 Å². The van der Waals surface area contributed by atoms with E-state index < -0.39 is 11.4 Å². The third-order valence-corrected chi connectivity index (χ3v) is 6.42. The lowest BCUT2D eigenvalue weighted by atomic mass is 9.73. The van der Waals surface area contributed by atoms with Crippen molar-refractivity contribution in [2.24, 2.45) is 0 Å². The van der Waals surface area contributed by atoms with Crippen LogP contribution in [0.15, 0.2) is 78.9 Å². The number of nitrogens with one attached hydrogen (secondary N) is 1. The third kappa shape index (κ3) is 5.29. The van der Waals surface area contributed by atoms with Crippen LogP contribution >= 0.6 is 0 Å². The summed E-state index contributed by atoms with van der Waals surface area (Å²) in [6.45, 7) is 3.37. The molecule has 3 aromatic rings. The zero-order valence-corrected chi connectivity index (χ0v) is 19.2. The minimum Gasteiger partial charge on any atom is -0.489 e. The van der Waals surface area contributed by atoms with Gasteiger partial charge in [0.05, 0.1) is 17.0 Å². The highest BCUT2D eigenvalue weighted by molar-refractivity contribution is 5.89. The van der Waals surface area contributed by atoms with Gasteiger partial charge in [0.1, 0.15) is 12.4 Å². The number of ether oxygens (including phenoxy) is 2. The Morgan fingerprint density at radius 2 is 1.71 bits per heavy atom. The Morgan fingerprint density at radius 1 is 1.00 bits per heavy atom. The molecule has 0 bridgehead atoms. The molecule has 2 N–H and O–H groups in total. The topological polar surface area (TPSA) is 84.9 Å². The molecule has 34 heavy (non-hydrogen) atoms. The summed E-state index contributed by atoms with van der Waals surface area (Å²) in [5.41, 5.74) is 2.33. The molecule has 0 unspecified atom stereocenters. The molecule has 0 aliphatic carbocycles. The molecule has 1 fully saturated rings. The molecule has 0 aromatic heterocycles. The Kier molecular flexibility index (Phi) is 7.28. The van der Waals surface area contributed by atoms with Gasteiger partial charge in [-0.3, -0.25) is 4.79 Å². The molecular weight excluding hydrogens is 430 g/mol. The van der Waals surface area contributed by atoms with E-state index in [1.54, 1.807) is 24.3 Å². The summed E-state index contributed by atoms with van der Waals surface area (Å²) < 4.78 is 11.6. The van der Waals surface area contributed by atoms with E-state index in [1.807, 2.05) is 61.5 Å². The van der Waals surface area contributed by atoms with Crippen LogP contribution in [-0.4, -0.2) is 30.2 Å². The normalized spacial score (nSPS) is 15.8. The molecule has 1 saturated heterocycles. The molecule has 176 valence electrons. The van der Waals surface area contributed by atoms with E-state index in [-0.39, 0.29) is 17.5 Å². The van der Waals surface area contributed by atoms with E-state index in [0.717, 1.165) is 22.4 Å². The summed E-state index contributed by atoms with van der Waals surface area (Å²) >= 11 is 0. The van der Waals surface area contributed by atoms with Gasteiger partial charge < -0.3 is 19.9 Å². The minimum absolute atomic E-state index is 0.0641. The summed E-state index contributed by atoms with van der Waals surface area (Å²) in [5.74, 6) is -0.318. The number of hydrogen-bond acceptors (Lipinski definition) is 4. The van der Waals surface area contributed by atoms with Gasteiger partial charge in [0, 0.05) is 13.2 Å². The SMILES string of the molecule is C[C@H](NC(=O)C1(c2cccc(OCc3ccccc3)c2)CCOCC1)c1ccc(C(=O)O)cc1. The van der Waals surface area contributed by atoms with Crippen molar-refractivity contribution in [1.82, 2.24) is 5.32 Å². The molecule has 1 atom stereocenters. The van der Waals surface area contributed by atoms with Gasteiger partial charge in [-0.05, 0) is 60.7 Å². The summed E-state index contributed by atoms with van der Waals surface area (Å²) in [5, 5.41) is 12.3. The van der Waals surface area contributed by atoms with Crippen molar-refractivity contribution < 1.29 is 24.2 Å². The van der Waals surface area contributed by atoms with Gasteiger partial charge in [-0.2, -0.15) is 0 Å². The van der Waals surface area contributed by atoms with Crippen LogP contribution in [0.5, 0.6) is 5.75 Å². The second-order valence-corrected chi connectivity index (χ2v) is 8.62. The first-order valence-corrected chi connectivity index (χ1v) is 11.5. The molecule has 1 aliphatic rings. The average Bonchev–Trinajstić information content (AvgIpc) is 2.88. The molecule has 6 nitrogen and oxygen atoms in total. The number of aromatic carboxylic acids is 1. The first kappa shape index (κ1) is 23.5. The molecular formula is C28H29NO5. The maximum absolute atomic E-state index is 13.7. The molecule has 3 aromatic carbocycles. The first-order valence-electron chi connectivity index (χ1n) is 11.5. The summed E-state index contributed by atoms with van der Waals surface area (Å²) in [6.07, 6.45) is 1.15. The fourth-order valence-electron chi connectivity index (χ4n) is 4.32. The van der Waals surface area contributed by atoms with Gasteiger partial charge in [0.2, 0.25) is 5.91 Å². The number of carboxylic acids is 1. The fourth-order valence-corrected chi connectivity index (χ4v) is 4.32. The Balaban J connectivity index is 1.53. The van der Waals surface area contributed by atoms with Crippen molar-refractivity contribution in [3.05, 3.63) is 101 Å². The first-order chi connectivity index (χ1) is 16.5. The highest BCUT2D eigenvalue weighted by atomic mass is 16.5. The third-order valence-electron chi connectivity index (χ3n) is 6.42. The van der Waals surface area contributed by atoms with Crippen molar-refractivity contribution >= 4 is 11.9 Å². The molecule has 1 aliphatic heterocycles. The lowest BCUT2D eigenvalue weighted by Gasteiger charge is -2.37. The highest BCUT2D eigenvalue weighted by Gasteiger charge is 2.42. The van der Waals surface area contributed by atoms with Crippen LogP contribution in [0, 0.1) is 0 Å². The van der Waals surface area contributed by atoms with Crippen molar-refractivity contribution in [3.63, 3.8) is 0 Å². The number of carboxylic acid groups (broad SMARTS) is 1. The second kappa shape index (κ2) is 10.5. The molecule has 6 heteroatoms. The van der Waals surface area contributed by atoms with E-state index in [9.17, 15) is 9.59 Å². The maximum Gasteiger partial charge on any atom is 0.335 e. The molecule has 1 heterocycles. The van der Waals surface area contributed by atoms with E-state index in [1.165, 1.54) is 0 Å². The maximum atomic E-state index is 13.7. The molecule has 0 spiro atoms. The fraction of sp³-hybridized carbons (Fsp3) is 0.286. The monoisotopic (exact) mass is 459 g/mol. The lowest BCUT2D eigenvalue weighted by molar-refractivity contribution is -0.131. The number of carbonyl (C=O) groups excluding carboxylic acids is 1. The van der Waals surface area contributed by atoms with Gasteiger partial charge in [0.15, 0.2) is 0 Å². The number of amides is 1. The Morgan fingerprint density at radius 3 is 2.38 bits per heavy atom. The number of rotatable bonds is 8. The van der Waals surface area contributed by atoms with Gasteiger partial charge in [-0.1, -0.05) is 54.6 Å². The van der Waals surface area contributed by atoms with Crippen LogP contribution in [0.2, 0.25) is 0 Å². The Hall–Kier alpha value is -3.64. The van der Waals surface area contributed by atoms with E-state index in [0.29, 0.717) is 32.7 Å². The number of benzene rings is 3. The highest BCUT2D eigenvalue weighted by Crippen LogP contribution is 2.37. The molecule has 0 saturated carbocycles. The summed E-state index contributed by atoms with van der Waals surface area (Å²) in [4.78, 5) is 24.8. The van der Waals surface area contributed by atoms with Gasteiger partial charge in [-0.15, -0.1) is 0 Å². The van der Waals surface area contributed by atoms with Gasteiger partial charge >= 0.3 is 5.97 Å². The van der Waals surface area contributed by atoms with Gasteiger partial charge in [-0.25, -0.2) is 4.79 Å². The summed E-state index contributed by atoms with van der Waals surface area (Å²) in [7, 11) is 0. The van der Waals surface area contributed by atoms with Gasteiger partial charge in [0.25, 0.3) is 0 Å². The zero-order valence-electron chi connectivity index (χ0n) is 19.2. The molecule has 0 radical (unpaired) electrons. The largest absolute Gasteiger partial charge is 0.489 e. The van der Waals surface area contributed by atoms with Crippen LogP contribution in [0.3, 0.4) is 0 Å². The minimum atomic E-state index is -0.973. The average molecular weight is 460 g/mol. The number of carbonyl (C=O) groups is 2. The second-order valence-electron chi connectivity index (χ2n) is 8.62. The smallest absolute Gasteiger partial charge is 0.335 e. The Bertz CT molecular complexity index is 1120. The molecule has 4 rings (SSSR count). The van der Waals surface area contributed by atoms with Crippen LogP contribution in [0.1, 0.15) is 52.9 Å². The van der Waals surface area contributed by atoms with Crippen LogP contribution in [0.4, 0.5) is 0 Å². The van der Waals surface area contributed by atoms with Crippen molar-refractivity contribution in [2.45, 2.75) is 37.8 Å². The van der Waals surface area contributed by atoms with E-state index >= 15 is 0 Å². The standard InChI is InChI=1S/C28H29NO5/c1-20(22-10-12-23(13-11-22)26(30)31)29-27(32)28(14-16-33-17-15-28)24-8-5-9-25(18-24)34-19-21-6-3-2-4-7-21/h2-13,18,20H,14-17,19H2,1H3,(H,29,32)(H,30,31)/t20-/m0/s1. The van der Waals surface area contributed by atoms with Crippen molar-refractivity contribution in [1.29, 1.82) is 0 Å². The van der Waals surface area contributed by atoms with Crippen LogP contribution in [-0.2, 0) is 21.6 Å². The van der Waals surface area contributed by atoms with Crippen LogP contribution in [0.25, 0.3) is 0 Å². The zero-order chi connectivity index (χ0) is 24.0. The summed E-state index contributed by atoms with van der Waals surface area (Å²) in [6, 6.07) is 24.0. The van der Waals surface area contributed by atoms with Crippen molar-refractivity contribution in [3.8, 4) is 5.75 Å². The molecule has 1 amide bonds. The lowest BCUT2D eigenvalue weighted by Crippen LogP contribution is -2.48. The number of hydrogen-bond donors (Lipinski definition) is 2. The predicted molar refractivity (Wildman–Crippen MR) is 129 cm³/mol. The quantitative estimate of drug-likeness (QED) is 0.501. The predicted octanol–water partition coefficient (Wildman–Crippen LogP) is 4.89.